The van der Waals surface area contributed by atoms with E-state index in [0.29, 0.717) is 5.56 Å². The van der Waals surface area contributed by atoms with Crippen molar-refractivity contribution in [1.29, 1.82) is 0 Å². The summed E-state index contributed by atoms with van der Waals surface area (Å²) in [5.41, 5.74) is 0.632. The lowest BCUT2D eigenvalue weighted by molar-refractivity contribution is -0.386. The molecule has 0 radical (unpaired) electrons. The Labute approximate surface area is 169 Å². The van der Waals surface area contributed by atoms with E-state index in [9.17, 15) is 24.5 Å². The van der Waals surface area contributed by atoms with Crippen molar-refractivity contribution < 1.29 is 28.8 Å². The first-order valence-electron chi connectivity index (χ1n) is 8.49. The van der Waals surface area contributed by atoms with E-state index in [0.717, 1.165) is 11.3 Å². The number of methoxy groups -OCH3 is 1. The molecule has 0 unspecified atom stereocenters. The number of carbonyl (C=O) groups excluding carboxylic acids is 3. The molecule has 29 heavy (non-hydrogen) atoms. The van der Waals surface area contributed by atoms with E-state index in [2.05, 4.69) is 10.4 Å². The first-order chi connectivity index (χ1) is 13.6. The summed E-state index contributed by atoms with van der Waals surface area (Å²) >= 11 is 0.889. The fourth-order valence-electron chi connectivity index (χ4n) is 2.75. The Hall–Kier alpha value is -3.28. The average Bonchev–Trinajstić information content (AvgIpc) is 3.10. The first kappa shape index (κ1) is 22.0. The predicted octanol–water partition coefficient (Wildman–Crippen LogP) is 2.38. The van der Waals surface area contributed by atoms with Crippen molar-refractivity contribution in [2.75, 3.05) is 19.0 Å². The van der Waals surface area contributed by atoms with Crippen molar-refractivity contribution in [2.24, 2.45) is 0 Å². The summed E-state index contributed by atoms with van der Waals surface area (Å²) in [6.07, 6.45) is 0. The van der Waals surface area contributed by atoms with Gasteiger partial charge in [0.05, 0.1) is 24.2 Å². The minimum Gasteiger partial charge on any atom is -0.465 e. The van der Waals surface area contributed by atoms with Gasteiger partial charge in [0.1, 0.15) is 27.8 Å². The smallest absolute Gasteiger partial charge is 0.348 e. The number of hydrogen-bond donors (Lipinski definition) is 1. The molecule has 11 nitrogen and oxygen atoms in total. The topological polar surface area (TPSA) is 143 Å². The zero-order valence-electron chi connectivity index (χ0n) is 16.5. The van der Waals surface area contributed by atoms with Crippen LogP contribution < -0.4 is 5.32 Å². The van der Waals surface area contributed by atoms with Crippen molar-refractivity contribution in [3.05, 3.63) is 37.5 Å². The van der Waals surface area contributed by atoms with Crippen LogP contribution in [0.4, 0.5) is 10.7 Å². The largest absolute Gasteiger partial charge is 0.465 e. The van der Waals surface area contributed by atoms with Crippen LogP contribution in [-0.2, 0) is 20.8 Å². The predicted molar refractivity (Wildman–Crippen MR) is 103 cm³/mol. The molecule has 1 amide bonds. The molecule has 0 aliphatic heterocycles. The molecule has 0 aromatic carbocycles. The molecule has 2 rings (SSSR count). The van der Waals surface area contributed by atoms with Crippen molar-refractivity contribution in [1.82, 2.24) is 9.78 Å². The normalized spacial score (nSPS) is 10.5. The summed E-state index contributed by atoms with van der Waals surface area (Å²) < 4.78 is 10.9. The molecule has 1 N–H and O–H groups in total. The zero-order valence-corrected chi connectivity index (χ0v) is 17.3. The Kier molecular flexibility index (Phi) is 6.69. The van der Waals surface area contributed by atoms with Crippen LogP contribution in [0.3, 0.4) is 0 Å². The van der Waals surface area contributed by atoms with Crippen LogP contribution in [0.2, 0.25) is 0 Å². The highest BCUT2D eigenvalue weighted by atomic mass is 32.1. The second kappa shape index (κ2) is 8.82. The van der Waals surface area contributed by atoms with Gasteiger partial charge < -0.3 is 14.8 Å². The van der Waals surface area contributed by atoms with Gasteiger partial charge in [-0.2, -0.15) is 5.10 Å². The van der Waals surface area contributed by atoms with E-state index in [-0.39, 0.29) is 45.7 Å². The molecule has 156 valence electrons. The molecular formula is C17H20N4O7S. The number of aryl methyl sites for hydroxylation is 1. The number of nitrogens with zero attached hydrogens (tertiary/aromatic N) is 3. The molecule has 0 saturated heterocycles. The molecule has 0 spiro atoms. The summed E-state index contributed by atoms with van der Waals surface area (Å²) in [4.78, 5) is 47.5. The summed E-state index contributed by atoms with van der Waals surface area (Å²) in [6.45, 7) is 6.00. The SMILES string of the molecule is CCOC(=O)c1sc(NC(=O)Cn2nc(C)c([N+](=O)[O-])c2C)c(C(=O)OC)c1C. The molecule has 2 heterocycles. The van der Waals surface area contributed by atoms with E-state index in [1.54, 1.807) is 13.8 Å². The van der Waals surface area contributed by atoms with E-state index in [1.165, 1.54) is 25.6 Å². The molecule has 2 aromatic heterocycles. The van der Waals surface area contributed by atoms with Gasteiger partial charge in [0.2, 0.25) is 5.91 Å². The quantitative estimate of drug-likeness (QED) is 0.405. The molecule has 0 aliphatic carbocycles. The van der Waals surface area contributed by atoms with Crippen LogP contribution in [-0.4, -0.2) is 46.3 Å². The first-order valence-corrected chi connectivity index (χ1v) is 9.31. The lowest BCUT2D eigenvalue weighted by atomic mass is 10.1. The Morgan fingerprint density at radius 2 is 1.90 bits per heavy atom. The van der Waals surface area contributed by atoms with Crippen LogP contribution in [0.1, 0.15) is 43.9 Å². The van der Waals surface area contributed by atoms with Crippen LogP contribution in [0.5, 0.6) is 0 Å². The molecule has 0 atom stereocenters. The van der Waals surface area contributed by atoms with Gasteiger partial charge in [0.25, 0.3) is 0 Å². The number of hydrogen-bond acceptors (Lipinski definition) is 9. The maximum absolute atomic E-state index is 12.5. The van der Waals surface area contributed by atoms with Crippen LogP contribution in [0, 0.1) is 30.9 Å². The number of carbonyl (C=O) groups is 3. The number of aromatic nitrogens is 2. The van der Waals surface area contributed by atoms with Crippen molar-refractivity contribution in [3.8, 4) is 0 Å². The summed E-state index contributed by atoms with van der Waals surface area (Å²) in [5, 5.41) is 17.8. The van der Waals surface area contributed by atoms with Gasteiger partial charge in [-0.3, -0.25) is 19.6 Å². The van der Waals surface area contributed by atoms with Crippen LogP contribution in [0.25, 0.3) is 0 Å². The number of nitrogens with one attached hydrogen (secondary N) is 1. The zero-order chi connectivity index (χ0) is 21.9. The molecule has 2 aromatic rings. The highest BCUT2D eigenvalue weighted by molar-refractivity contribution is 7.18. The van der Waals surface area contributed by atoms with Gasteiger partial charge in [-0.25, -0.2) is 9.59 Å². The standard InChI is InChI=1S/C17H20N4O7S/c1-6-28-17(24)14-8(2)12(16(23)27-5)15(29-14)18-11(22)7-20-10(4)13(21(25)26)9(3)19-20/h6-7H2,1-5H3,(H,18,22). The molecular weight excluding hydrogens is 404 g/mol. The fourth-order valence-corrected chi connectivity index (χ4v) is 3.85. The number of anilines is 1. The number of amides is 1. The number of thiophene rings is 1. The van der Waals surface area contributed by atoms with Crippen LogP contribution in [0.15, 0.2) is 0 Å². The third kappa shape index (κ3) is 4.42. The fraction of sp³-hybridized carbons (Fsp3) is 0.412. The lowest BCUT2D eigenvalue weighted by Gasteiger charge is -2.07. The summed E-state index contributed by atoms with van der Waals surface area (Å²) in [7, 11) is 1.18. The second-order valence-corrected chi connectivity index (χ2v) is 6.98. The van der Waals surface area contributed by atoms with Gasteiger partial charge in [-0.1, -0.05) is 0 Å². The van der Waals surface area contributed by atoms with Gasteiger partial charge in [-0.05, 0) is 33.3 Å². The van der Waals surface area contributed by atoms with E-state index in [4.69, 9.17) is 9.47 Å². The van der Waals surface area contributed by atoms with E-state index in [1.807, 2.05) is 0 Å². The third-order valence-electron chi connectivity index (χ3n) is 4.07. The average molecular weight is 424 g/mol. The highest BCUT2D eigenvalue weighted by Gasteiger charge is 2.28. The second-order valence-electron chi connectivity index (χ2n) is 5.95. The highest BCUT2D eigenvalue weighted by Crippen LogP contribution is 2.34. The number of rotatable bonds is 7. The van der Waals surface area contributed by atoms with Gasteiger partial charge in [0.15, 0.2) is 0 Å². The van der Waals surface area contributed by atoms with Crippen molar-refractivity contribution in [2.45, 2.75) is 34.2 Å². The Balaban J connectivity index is 2.33. The minimum atomic E-state index is -0.716. The van der Waals surface area contributed by atoms with E-state index >= 15 is 0 Å². The molecule has 12 heteroatoms. The maximum Gasteiger partial charge on any atom is 0.348 e. The van der Waals surface area contributed by atoms with E-state index < -0.39 is 22.8 Å². The molecule has 0 bridgehead atoms. The van der Waals surface area contributed by atoms with Gasteiger partial charge in [0, 0.05) is 0 Å². The Morgan fingerprint density at radius 3 is 2.41 bits per heavy atom. The lowest BCUT2D eigenvalue weighted by Crippen LogP contribution is -2.21. The number of nitro groups is 1. The molecule has 0 aliphatic rings. The Morgan fingerprint density at radius 1 is 1.24 bits per heavy atom. The van der Waals surface area contributed by atoms with Crippen LogP contribution >= 0.6 is 11.3 Å². The summed E-state index contributed by atoms with van der Waals surface area (Å²) in [6, 6.07) is 0. The molecule has 0 fully saturated rings. The Bertz CT molecular complexity index is 993. The molecule has 0 saturated carbocycles. The monoisotopic (exact) mass is 424 g/mol. The number of esters is 2. The maximum atomic E-state index is 12.5. The van der Waals surface area contributed by atoms with Crippen molar-refractivity contribution >= 4 is 39.9 Å². The minimum absolute atomic E-state index is 0.0493. The van der Waals surface area contributed by atoms with Gasteiger partial charge in [-0.15, -0.1) is 11.3 Å². The third-order valence-corrected chi connectivity index (χ3v) is 5.26. The van der Waals surface area contributed by atoms with Crippen molar-refractivity contribution in [3.63, 3.8) is 0 Å². The summed E-state index contributed by atoms with van der Waals surface area (Å²) in [5.74, 6) is -1.91. The number of ether oxygens (including phenoxy) is 2. The van der Waals surface area contributed by atoms with Gasteiger partial charge >= 0.3 is 17.6 Å².